The number of guanidine groups is 1. The Morgan fingerprint density at radius 2 is 2.08 bits per heavy atom. The van der Waals surface area contributed by atoms with Crippen LogP contribution in [0.4, 0.5) is 10.1 Å². The summed E-state index contributed by atoms with van der Waals surface area (Å²) >= 11 is 0. The molecular formula is C20H24FN3O. The van der Waals surface area contributed by atoms with Crippen LogP contribution in [0.3, 0.4) is 0 Å². The third-order valence-corrected chi connectivity index (χ3v) is 4.56. The highest BCUT2D eigenvalue weighted by atomic mass is 19.1. The molecular weight excluding hydrogens is 317 g/mol. The smallest absolute Gasteiger partial charge is 0.193 e. The maximum atomic E-state index is 13.4. The minimum atomic E-state index is -0.357. The van der Waals surface area contributed by atoms with Crippen molar-refractivity contribution < 1.29 is 9.13 Å². The van der Waals surface area contributed by atoms with Gasteiger partial charge in [-0.3, -0.25) is 4.99 Å². The van der Waals surface area contributed by atoms with Crippen molar-refractivity contribution in [3.8, 4) is 5.75 Å². The van der Waals surface area contributed by atoms with E-state index in [0.29, 0.717) is 18.9 Å². The van der Waals surface area contributed by atoms with Crippen molar-refractivity contribution in [1.29, 1.82) is 0 Å². The van der Waals surface area contributed by atoms with E-state index >= 15 is 0 Å². The van der Waals surface area contributed by atoms with E-state index in [2.05, 4.69) is 28.5 Å². The largest absolute Gasteiger partial charge is 0.494 e. The Morgan fingerprint density at radius 3 is 2.92 bits per heavy atom. The van der Waals surface area contributed by atoms with Gasteiger partial charge in [-0.05, 0) is 67.0 Å². The number of benzene rings is 2. The first-order valence-corrected chi connectivity index (χ1v) is 8.67. The lowest BCUT2D eigenvalue weighted by atomic mass is 9.90. The topological polar surface area (TPSA) is 59.6 Å². The molecule has 25 heavy (non-hydrogen) atoms. The fourth-order valence-corrected chi connectivity index (χ4v) is 3.24. The van der Waals surface area contributed by atoms with E-state index in [1.807, 2.05) is 0 Å². The quantitative estimate of drug-likeness (QED) is 0.644. The van der Waals surface area contributed by atoms with Crippen LogP contribution in [-0.4, -0.2) is 19.6 Å². The summed E-state index contributed by atoms with van der Waals surface area (Å²) in [6.45, 7) is 0.530. The molecule has 1 aliphatic rings. The molecule has 3 rings (SSSR count). The zero-order valence-corrected chi connectivity index (χ0v) is 14.5. The Hall–Kier alpha value is -2.56. The molecule has 1 aliphatic carbocycles. The Bertz CT molecular complexity index is 774. The van der Waals surface area contributed by atoms with Gasteiger partial charge in [0.15, 0.2) is 17.5 Å². The van der Waals surface area contributed by atoms with Gasteiger partial charge in [0.25, 0.3) is 0 Å². The number of hydrogen-bond donors (Lipinski definition) is 2. The van der Waals surface area contributed by atoms with Gasteiger partial charge in [-0.15, -0.1) is 0 Å². The molecule has 0 saturated heterocycles. The van der Waals surface area contributed by atoms with Crippen molar-refractivity contribution in [2.75, 3.05) is 19.0 Å². The van der Waals surface area contributed by atoms with Crippen LogP contribution in [0.15, 0.2) is 41.4 Å². The number of rotatable bonds is 5. The maximum Gasteiger partial charge on any atom is 0.193 e. The van der Waals surface area contributed by atoms with Gasteiger partial charge >= 0.3 is 0 Å². The van der Waals surface area contributed by atoms with E-state index in [-0.39, 0.29) is 11.6 Å². The van der Waals surface area contributed by atoms with E-state index in [9.17, 15) is 4.39 Å². The molecule has 4 nitrogen and oxygen atoms in total. The minimum Gasteiger partial charge on any atom is -0.494 e. The number of methoxy groups -OCH3 is 1. The monoisotopic (exact) mass is 341 g/mol. The summed E-state index contributed by atoms with van der Waals surface area (Å²) in [4.78, 5) is 4.39. The zero-order valence-electron chi connectivity index (χ0n) is 14.5. The summed E-state index contributed by atoms with van der Waals surface area (Å²) in [6.07, 6.45) is 5.36. The average Bonchev–Trinajstić information content (AvgIpc) is 2.63. The first kappa shape index (κ1) is 17.3. The van der Waals surface area contributed by atoms with E-state index in [1.54, 1.807) is 12.1 Å². The molecule has 2 aromatic carbocycles. The van der Waals surface area contributed by atoms with E-state index in [0.717, 1.165) is 24.1 Å². The highest BCUT2D eigenvalue weighted by molar-refractivity contribution is 5.93. The first-order chi connectivity index (χ1) is 12.2. The number of nitrogens with zero attached hydrogens (tertiary/aromatic N) is 1. The molecule has 0 fully saturated rings. The second kappa shape index (κ2) is 8.01. The second-order valence-electron chi connectivity index (χ2n) is 6.26. The van der Waals surface area contributed by atoms with Gasteiger partial charge in [0.05, 0.1) is 7.11 Å². The van der Waals surface area contributed by atoms with Crippen molar-refractivity contribution in [1.82, 2.24) is 0 Å². The Morgan fingerprint density at radius 1 is 1.24 bits per heavy atom. The van der Waals surface area contributed by atoms with Gasteiger partial charge in [-0.2, -0.15) is 0 Å². The molecule has 0 atom stereocenters. The van der Waals surface area contributed by atoms with Crippen LogP contribution < -0.4 is 15.8 Å². The van der Waals surface area contributed by atoms with Gasteiger partial charge in [0, 0.05) is 12.2 Å². The van der Waals surface area contributed by atoms with E-state index < -0.39 is 0 Å². The fourth-order valence-electron chi connectivity index (χ4n) is 3.24. The lowest BCUT2D eigenvalue weighted by molar-refractivity contribution is 0.386. The van der Waals surface area contributed by atoms with Gasteiger partial charge < -0.3 is 15.8 Å². The van der Waals surface area contributed by atoms with Gasteiger partial charge in [0.2, 0.25) is 0 Å². The molecule has 0 amide bonds. The predicted molar refractivity (Wildman–Crippen MR) is 99.9 cm³/mol. The third kappa shape index (κ3) is 4.29. The molecule has 132 valence electrons. The van der Waals surface area contributed by atoms with Crippen molar-refractivity contribution in [2.24, 2.45) is 10.7 Å². The number of nitrogens with one attached hydrogen (secondary N) is 1. The summed E-state index contributed by atoms with van der Waals surface area (Å²) in [5.41, 5.74) is 10.8. The number of aryl methyl sites for hydroxylation is 1. The normalized spacial score (nSPS) is 14.1. The molecule has 3 N–H and O–H groups in total. The lowest BCUT2D eigenvalue weighted by Crippen LogP contribution is -2.24. The highest BCUT2D eigenvalue weighted by Crippen LogP contribution is 2.27. The van der Waals surface area contributed by atoms with Crippen LogP contribution in [0.1, 0.15) is 29.5 Å². The molecule has 0 radical (unpaired) electrons. The van der Waals surface area contributed by atoms with Gasteiger partial charge in [0.1, 0.15) is 0 Å². The van der Waals surface area contributed by atoms with Gasteiger partial charge in [-0.1, -0.05) is 18.2 Å². The third-order valence-electron chi connectivity index (χ3n) is 4.56. The summed E-state index contributed by atoms with van der Waals surface area (Å²) in [6, 6.07) is 11.2. The fraction of sp³-hybridized carbons (Fsp3) is 0.350. The van der Waals surface area contributed by atoms with Crippen molar-refractivity contribution in [2.45, 2.75) is 32.1 Å². The average molecular weight is 341 g/mol. The molecule has 2 aromatic rings. The van der Waals surface area contributed by atoms with Crippen LogP contribution in [0.2, 0.25) is 0 Å². The summed E-state index contributed by atoms with van der Waals surface area (Å²) < 4.78 is 18.4. The molecule has 0 aliphatic heterocycles. The van der Waals surface area contributed by atoms with Crippen molar-refractivity contribution in [3.63, 3.8) is 0 Å². The SMILES string of the molecule is COc1cc(CCN=C(N)Nc2cccc3c2CCCC3)ccc1F. The summed E-state index contributed by atoms with van der Waals surface area (Å²) in [5, 5.41) is 3.23. The number of nitrogens with two attached hydrogens (primary N) is 1. The Balaban J connectivity index is 1.61. The predicted octanol–water partition coefficient (Wildman–Crippen LogP) is 3.68. The number of ether oxygens (including phenoxy) is 1. The molecule has 0 spiro atoms. The van der Waals surface area contributed by atoms with E-state index in [4.69, 9.17) is 10.5 Å². The maximum absolute atomic E-state index is 13.4. The van der Waals surface area contributed by atoms with Crippen LogP contribution in [-0.2, 0) is 19.3 Å². The van der Waals surface area contributed by atoms with Crippen molar-refractivity contribution >= 4 is 11.6 Å². The summed E-state index contributed by atoms with van der Waals surface area (Å²) in [7, 11) is 1.46. The minimum absolute atomic E-state index is 0.253. The lowest BCUT2D eigenvalue weighted by Gasteiger charge is -2.19. The summed E-state index contributed by atoms with van der Waals surface area (Å²) in [5.74, 6) is 0.307. The van der Waals surface area contributed by atoms with Crippen LogP contribution in [0.5, 0.6) is 5.75 Å². The number of anilines is 1. The zero-order chi connectivity index (χ0) is 17.6. The molecule has 5 heteroatoms. The van der Waals surface area contributed by atoms with Gasteiger partial charge in [-0.25, -0.2) is 4.39 Å². The molecule has 0 heterocycles. The van der Waals surface area contributed by atoms with Crippen LogP contribution in [0.25, 0.3) is 0 Å². The highest BCUT2D eigenvalue weighted by Gasteiger charge is 2.13. The Kier molecular flexibility index (Phi) is 5.53. The first-order valence-electron chi connectivity index (χ1n) is 8.67. The molecule has 0 unspecified atom stereocenters. The standard InChI is InChI=1S/C20H24FN3O/c1-25-19-13-14(9-10-17(19)21)11-12-23-20(22)24-18-8-4-6-15-5-2-3-7-16(15)18/h4,6,8-10,13H,2-3,5,7,11-12H2,1H3,(H3,22,23,24). The molecule has 0 saturated carbocycles. The number of fused-ring (bicyclic) bond motifs is 1. The molecule has 0 aromatic heterocycles. The number of aliphatic imine (C=N–C) groups is 1. The van der Waals surface area contributed by atoms with E-state index in [1.165, 1.54) is 37.1 Å². The van der Waals surface area contributed by atoms with Crippen LogP contribution >= 0.6 is 0 Å². The second-order valence-corrected chi connectivity index (χ2v) is 6.26. The molecule has 0 bridgehead atoms. The Labute approximate surface area is 147 Å². The number of hydrogen-bond acceptors (Lipinski definition) is 2. The van der Waals surface area contributed by atoms with Crippen molar-refractivity contribution in [3.05, 3.63) is 58.9 Å². The van der Waals surface area contributed by atoms with Crippen LogP contribution in [0, 0.1) is 5.82 Å². The number of halogens is 1.